The topological polar surface area (TPSA) is 52.3 Å². The van der Waals surface area contributed by atoms with Crippen molar-refractivity contribution in [3.05, 3.63) is 35.4 Å². The molecule has 3 nitrogen and oxygen atoms in total. The largest absolute Gasteiger partial charge is 0.462 e. The number of benzene rings is 1. The molecule has 0 aliphatic rings. The van der Waals surface area contributed by atoms with E-state index in [1.807, 2.05) is 19.1 Å². The van der Waals surface area contributed by atoms with Crippen molar-refractivity contribution in [2.75, 3.05) is 6.61 Å². The normalized spacial score (nSPS) is 9.86. The molecule has 0 radical (unpaired) electrons. The third kappa shape index (κ3) is 2.85. The molecule has 0 unspecified atom stereocenters. The summed E-state index contributed by atoms with van der Waals surface area (Å²) >= 11 is 0. The Morgan fingerprint density at radius 1 is 1.50 bits per heavy atom. The minimum absolute atomic E-state index is 0.276. The van der Waals surface area contributed by atoms with E-state index in [1.165, 1.54) is 0 Å². The van der Waals surface area contributed by atoms with Crippen LogP contribution in [-0.2, 0) is 11.3 Å². The summed E-state index contributed by atoms with van der Waals surface area (Å²) in [5.74, 6) is -0.276. The van der Waals surface area contributed by atoms with E-state index >= 15 is 0 Å². The lowest BCUT2D eigenvalue weighted by Crippen LogP contribution is -2.07. The van der Waals surface area contributed by atoms with Crippen LogP contribution in [0, 0.1) is 0 Å². The molecule has 0 aromatic heterocycles. The number of rotatable bonds is 4. The molecule has 0 saturated carbocycles. The quantitative estimate of drug-likeness (QED) is 0.740. The van der Waals surface area contributed by atoms with E-state index in [1.54, 1.807) is 12.1 Å². The van der Waals surface area contributed by atoms with Crippen LogP contribution in [0.2, 0.25) is 0 Å². The molecule has 76 valence electrons. The zero-order valence-corrected chi connectivity index (χ0v) is 8.32. The molecule has 0 amide bonds. The van der Waals surface area contributed by atoms with Gasteiger partial charge in [0.1, 0.15) is 0 Å². The second-order valence-corrected chi connectivity index (χ2v) is 3.04. The summed E-state index contributed by atoms with van der Waals surface area (Å²) in [6.45, 7) is 2.87. The highest BCUT2D eigenvalue weighted by Crippen LogP contribution is 2.06. The van der Waals surface area contributed by atoms with Crippen LogP contribution in [0.3, 0.4) is 0 Å². The van der Waals surface area contributed by atoms with Crippen LogP contribution in [-0.4, -0.2) is 12.6 Å². The maximum atomic E-state index is 11.4. The first kappa shape index (κ1) is 10.7. The fraction of sp³-hybridized carbons (Fsp3) is 0.364. The maximum Gasteiger partial charge on any atom is 0.338 e. The zero-order valence-electron chi connectivity index (χ0n) is 8.32. The molecular weight excluding hydrogens is 178 g/mol. The first-order valence-corrected chi connectivity index (χ1v) is 4.74. The Bertz CT molecular complexity index is 310. The van der Waals surface area contributed by atoms with Gasteiger partial charge < -0.3 is 10.5 Å². The van der Waals surface area contributed by atoms with Crippen molar-refractivity contribution in [2.45, 2.75) is 19.9 Å². The number of hydrogen-bond acceptors (Lipinski definition) is 3. The van der Waals surface area contributed by atoms with Crippen molar-refractivity contribution >= 4 is 5.97 Å². The molecule has 0 heterocycles. The van der Waals surface area contributed by atoms with Gasteiger partial charge in [0.2, 0.25) is 0 Å². The third-order valence-electron chi connectivity index (χ3n) is 1.84. The molecule has 0 bridgehead atoms. The first-order valence-electron chi connectivity index (χ1n) is 4.74. The molecule has 1 aromatic carbocycles. The third-order valence-corrected chi connectivity index (χ3v) is 1.84. The van der Waals surface area contributed by atoms with Gasteiger partial charge in [-0.15, -0.1) is 0 Å². The van der Waals surface area contributed by atoms with Crippen LogP contribution < -0.4 is 5.73 Å². The number of esters is 1. The summed E-state index contributed by atoms with van der Waals surface area (Å²) in [6, 6.07) is 7.19. The molecule has 0 aliphatic heterocycles. The van der Waals surface area contributed by atoms with Gasteiger partial charge in [0, 0.05) is 6.54 Å². The van der Waals surface area contributed by atoms with Gasteiger partial charge in [-0.25, -0.2) is 4.79 Å². The van der Waals surface area contributed by atoms with Crippen LogP contribution in [0.5, 0.6) is 0 Å². The predicted octanol–water partition coefficient (Wildman–Crippen LogP) is 1.71. The van der Waals surface area contributed by atoms with Crippen LogP contribution in [0.15, 0.2) is 24.3 Å². The van der Waals surface area contributed by atoms with E-state index < -0.39 is 0 Å². The van der Waals surface area contributed by atoms with Gasteiger partial charge in [-0.05, 0) is 24.1 Å². The average Bonchev–Trinajstić information content (AvgIpc) is 2.26. The Kier molecular flexibility index (Phi) is 4.13. The Hall–Kier alpha value is -1.35. The molecule has 1 aromatic rings. The average molecular weight is 193 g/mol. The van der Waals surface area contributed by atoms with E-state index in [-0.39, 0.29) is 5.97 Å². The standard InChI is InChI=1S/C11H15NO2/c1-2-6-14-11(13)10-5-3-4-9(7-10)8-12/h3-5,7H,2,6,8,12H2,1H3. The highest BCUT2D eigenvalue weighted by atomic mass is 16.5. The van der Waals surface area contributed by atoms with Crippen molar-refractivity contribution in [1.29, 1.82) is 0 Å². The molecule has 0 atom stereocenters. The number of carbonyl (C=O) groups is 1. The summed E-state index contributed by atoms with van der Waals surface area (Å²) in [5, 5.41) is 0. The molecule has 0 saturated heterocycles. The minimum atomic E-state index is -0.276. The smallest absolute Gasteiger partial charge is 0.338 e. The van der Waals surface area contributed by atoms with Gasteiger partial charge >= 0.3 is 5.97 Å². The van der Waals surface area contributed by atoms with Crippen LogP contribution >= 0.6 is 0 Å². The van der Waals surface area contributed by atoms with E-state index in [2.05, 4.69) is 0 Å². The molecule has 1 rings (SSSR count). The molecule has 14 heavy (non-hydrogen) atoms. The number of nitrogens with two attached hydrogens (primary N) is 1. The van der Waals surface area contributed by atoms with Gasteiger partial charge in [0.25, 0.3) is 0 Å². The van der Waals surface area contributed by atoms with Gasteiger partial charge in [-0.2, -0.15) is 0 Å². The highest BCUT2D eigenvalue weighted by molar-refractivity contribution is 5.89. The molecule has 2 N–H and O–H groups in total. The van der Waals surface area contributed by atoms with E-state index in [4.69, 9.17) is 10.5 Å². The van der Waals surface area contributed by atoms with E-state index in [0.717, 1.165) is 12.0 Å². The fourth-order valence-electron chi connectivity index (χ4n) is 1.10. The SMILES string of the molecule is CCCOC(=O)c1cccc(CN)c1. The van der Waals surface area contributed by atoms with Gasteiger partial charge in [0.05, 0.1) is 12.2 Å². The van der Waals surface area contributed by atoms with Crippen LogP contribution in [0.4, 0.5) is 0 Å². The van der Waals surface area contributed by atoms with E-state index in [0.29, 0.717) is 18.7 Å². The zero-order chi connectivity index (χ0) is 10.4. The van der Waals surface area contributed by atoms with E-state index in [9.17, 15) is 4.79 Å². The second kappa shape index (κ2) is 5.40. The summed E-state index contributed by atoms with van der Waals surface area (Å²) in [6.07, 6.45) is 0.836. The molecule has 0 spiro atoms. The van der Waals surface area contributed by atoms with Crippen molar-refractivity contribution < 1.29 is 9.53 Å². The summed E-state index contributed by atoms with van der Waals surface area (Å²) in [4.78, 5) is 11.4. The lowest BCUT2D eigenvalue weighted by molar-refractivity contribution is 0.0505. The second-order valence-electron chi connectivity index (χ2n) is 3.04. The van der Waals surface area contributed by atoms with Crippen molar-refractivity contribution in [1.82, 2.24) is 0 Å². The molecule has 3 heteroatoms. The number of ether oxygens (including phenoxy) is 1. The number of carbonyl (C=O) groups excluding carboxylic acids is 1. The summed E-state index contributed by atoms with van der Waals surface area (Å²) in [7, 11) is 0. The Morgan fingerprint density at radius 3 is 2.93 bits per heavy atom. The first-order chi connectivity index (χ1) is 6.77. The fourth-order valence-corrected chi connectivity index (χ4v) is 1.10. The molecule has 0 aliphatic carbocycles. The van der Waals surface area contributed by atoms with Crippen molar-refractivity contribution in [2.24, 2.45) is 5.73 Å². The Morgan fingerprint density at radius 2 is 2.29 bits per heavy atom. The van der Waals surface area contributed by atoms with Gasteiger partial charge in [0.15, 0.2) is 0 Å². The Labute approximate surface area is 83.9 Å². The lowest BCUT2D eigenvalue weighted by atomic mass is 10.1. The lowest BCUT2D eigenvalue weighted by Gasteiger charge is -2.04. The Balaban J connectivity index is 2.69. The van der Waals surface area contributed by atoms with Crippen molar-refractivity contribution in [3.8, 4) is 0 Å². The summed E-state index contributed by atoms with van der Waals surface area (Å²) < 4.78 is 5.00. The highest BCUT2D eigenvalue weighted by Gasteiger charge is 2.05. The van der Waals surface area contributed by atoms with Crippen LogP contribution in [0.25, 0.3) is 0 Å². The van der Waals surface area contributed by atoms with Crippen LogP contribution in [0.1, 0.15) is 29.3 Å². The minimum Gasteiger partial charge on any atom is -0.462 e. The van der Waals surface area contributed by atoms with Gasteiger partial charge in [-0.3, -0.25) is 0 Å². The van der Waals surface area contributed by atoms with Crippen molar-refractivity contribution in [3.63, 3.8) is 0 Å². The summed E-state index contributed by atoms with van der Waals surface area (Å²) in [5.41, 5.74) is 6.98. The number of hydrogen-bond donors (Lipinski definition) is 1. The predicted molar refractivity (Wildman–Crippen MR) is 54.9 cm³/mol. The maximum absolute atomic E-state index is 11.4. The molecule has 0 fully saturated rings. The molecular formula is C11H15NO2. The monoisotopic (exact) mass is 193 g/mol. The van der Waals surface area contributed by atoms with Gasteiger partial charge in [-0.1, -0.05) is 19.1 Å².